The number of carbonyl (C=O) groups excluding carboxylic acids is 1. The summed E-state index contributed by atoms with van der Waals surface area (Å²) >= 11 is 1.63. The molecule has 24 heavy (non-hydrogen) atoms. The molecule has 1 saturated heterocycles. The summed E-state index contributed by atoms with van der Waals surface area (Å²) in [6.07, 6.45) is 1.84. The van der Waals surface area contributed by atoms with Crippen molar-refractivity contribution >= 4 is 17.4 Å². The van der Waals surface area contributed by atoms with Crippen molar-refractivity contribution in [1.82, 2.24) is 10.2 Å². The molecule has 0 aliphatic carbocycles. The van der Waals surface area contributed by atoms with Crippen molar-refractivity contribution in [3.63, 3.8) is 0 Å². The number of methoxy groups -OCH3 is 1. The zero-order chi connectivity index (χ0) is 16.9. The van der Waals surface area contributed by atoms with Crippen molar-refractivity contribution in [2.24, 2.45) is 0 Å². The van der Waals surface area contributed by atoms with E-state index in [9.17, 15) is 9.90 Å². The maximum absolute atomic E-state index is 12.2. The molecule has 3 rings (SSSR count). The van der Waals surface area contributed by atoms with Crippen LogP contribution in [0.4, 0.5) is 4.79 Å². The highest BCUT2D eigenvalue weighted by molar-refractivity contribution is 7.10. The molecule has 0 saturated carbocycles. The molecule has 128 valence electrons. The molecule has 1 aromatic carbocycles. The van der Waals surface area contributed by atoms with Crippen LogP contribution in [0.1, 0.15) is 17.7 Å². The fourth-order valence-electron chi connectivity index (χ4n) is 2.97. The lowest BCUT2D eigenvalue weighted by molar-refractivity contribution is 0.157. The number of benzene rings is 1. The van der Waals surface area contributed by atoms with Gasteiger partial charge in [0.1, 0.15) is 5.75 Å². The number of carbonyl (C=O) groups is 1. The van der Waals surface area contributed by atoms with Crippen LogP contribution in [0.5, 0.6) is 5.75 Å². The highest BCUT2D eigenvalue weighted by Crippen LogP contribution is 2.27. The van der Waals surface area contributed by atoms with Gasteiger partial charge in [-0.15, -0.1) is 11.3 Å². The van der Waals surface area contributed by atoms with E-state index in [1.54, 1.807) is 23.3 Å². The number of aliphatic hydroxyl groups is 1. The van der Waals surface area contributed by atoms with Crippen LogP contribution in [0.15, 0.2) is 35.7 Å². The van der Waals surface area contributed by atoms with Crippen molar-refractivity contribution in [2.75, 3.05) is 20.3 Å². The van der Waals surface area contributed by atoms with E-state index < -0.39 is 0 Å². The minimum atomic E-state index is -0.0917. The predicted molar refractivity (Wildman–Crippen MR) is 95.4 cm³/mol. The van der Waals surface area contributed by atoms with Crippen LogP contribution < -0.4 is 10.1 Å². The monoisotopic (exact) mass is 346 g/mol. The first-order chi connectivity index (χ1) is 11.7. The summed E-state index contributed by atoms with van der Waals surface area (Å²) < 4.78 is 5.17. The minimum absolute atomic E-state index is 0.0358. The van der Waals surface area contributed by atoms with Gasteiger partial charge in [-0.1, -0.05) is 12.1 Å². The maximum Gasteiger partial charge on any atom is 0.318 e. The summed E-state index contributed by atoms with van der Waals surface area (Å²) in [5.74, 6) is 0.838. The van der Waals surface area contributed by atoms with Crippen LogP contribution in [0.2, 0.25) is 0 Å². The molecule has 1 aliphatic heterocycles. The Labute approximate surface area is 145 Å². The van der Waals surface area contributed by atoms with Gasteiger partial charge in [-0.2, -0.15) is 0 Å². The third-order valence-corrected chi connectivity index (χ3v) is 5.28. The van der Waals surface area contributed by atoms with Gasteiger partial charge >= 0.3 is 6.03 Å². The number of likely N-dealkylation sites (tertiary alicyclic amines) is 1. The first-order valence-corrected chi connectivity index (χ1v) is 8.96. The Bertz CT molecular complexity index is 684. The van der Waals surface area contributed by atoms with E-state index in [0.717, 1.165) is 41.1 Å². The Morgan fingerprint density at radius 2 is 2.17 bits per heavy atom. The Hall–Kier alpha value is -2.05. The normalized spacial score (nSPS) is 17.1. The number of nitrogens with one attached hydrogen (secondary N) is 1. The van der Waals surface area contributed by atoms with Gasteiger partial charge < -0.3 is 20.1 Å². The molecule has 1 fully saturated rings. The number of ether oxygens (including phenoxy) is 1. The lowest BCUT2D eigenvalue weighted by atomic mass is 10.1. The maximum atomic E-state index is 12.2. The standard InChI is InChI=1S/C18H22N2O3S/c1-23-16-6-4-13(5-7-16)14-9-17(24-12-14)10-19-18(22)20-8-2-3-15(20)11-21/h4-7,9,12,15,21H,2-3,8,10-11H2,1H3,(H,19,22)/t15-/m0/s1. The second kappa shape index (κ2) is 7.68. The molecule has 0 unspecified atom stereocenters. The first kappa shape index (κ1) is 16.8. The lowest BCUT2D eigenvalue weighted by Crippen LogP contribution is -2.43. The van der Waals surface area contributed by atoms with Gasteiger partial charge in [-0.3, -0.25) is 0 Å². The number of hydrogen-bond donors (Lipinski definition) is 2. The third kappa shape index (κ3) is 3.71. The van der Waals surface area contributed by atoms with E-state index >= 15 is 0 Å². The van der Waals surface area contributed by atoms with Gasteiger partial charge in [0, 0.05) is 11.4 Å². The summed E-state index contributed by atoms with van der Waals surface area (Å²) in [4.78, 5) is 15.1. The smallest absolute Gasteiger partial charge is 0.318 e. The Morgan fingerprint density at radius 1 is 1.38 bits per heavy atom. The molecule has 0 radical (unpaired) electrons. The van der Waals surface area contributed by atoms with Crippen LogP contribution in [0.3, 0.4) is 0 Å². The average Bonchev–Trinajstić information content (AvgIpc) is 3.29. The Morgan fingerprint density at radius 3 is 2.88 bits per heavy atom. The predicted octanol–water partition coefficient (Wildman–Crippen LogP) is 3.09. The molecule has 2 heterocycles. The van der Waals surface area contributed by atoms with Gasteiger partial charge in [-0.05, 0) is 47.5 Å². The van der Waals surface area contributed by atoms with Crippen LogP contribution in [-0.4, -0.2) is 42.3 Å². The molecular formula is C18H22N2O3S. The highest BCUT2D eigenvalue weighted by atomic mass is 32.1. The fraction of sp³-hybridized carbons (Fsp3) is 0.389. The van der Waals surface area contributed by atoms with E-state index in [2.05, 4.69) is 16.8 Å². The molecular weight excluding hydrogens is 324 g/mol. The molecule has 1 aliphatic rings. The highest BCUT2D eigenvalue weighted by Gasteiger charge is 2.27. The number of amides is 2. The van der Waals surface area contributed by atoms with Gasteiger partial charge in [0.2, 0.25) is 0 Å². The van der Waals surface area contributed by atoms with Crippen molar-refractivity contribution in [3.8, 4) is 16.9 Å². The van der Waals surface area contributed by atoms with E-state index in [-0.39, 0.29) is 18.7 Å². The summed E-state index contributed by atoms with van der Waals surface area (Å²) in [7, 11) is 1.65. The number of thiophene rings is 1. The van der Waals surface area contributed by atoms with Crippen molar-refractivity contribution in [3.05, 3.63) is 40.6 Å². The average molecular weight is 346 g/mol. The van der Waals surface area contributed by atoms with E-state index in [4.69, 9.17) is 4.74 Å². The Balaban J connectivity index is 1.58. The summed E-state index contributed by atoms with van der Waals surface area (Å²) in [5, 5.41) is 14.4. The minimum Gasteiger partial charge on any atom is -0.497 e. The quantitative estimate of drug-likeness (QED) is 0.874. The van der Waals surface area contributed by atoms with Gasteiger partial charge in [-0.25, -0.2) is 4.79 Å². The number of nitrogens with zero attached hydrogens (tertiary/aromatic N) is 1. The SMILES string of the molecule is COc1ccc(-c2csc(CNC(=O)N3CCC[C@H]3CO)c2)cc1. The Kier molecular flexibility index (Phi) is 5.37. The molecule has 6 heteroatoms. The fourth-order valence-corrected chi connectivity index (χ4v) is 3.80. The van der Waals surface area contributed by atoms with Crippen LogP contribution in [-0.2, 0) is 6.54 Å². The van der Waals surface area contributed by atoms with Crippen LogP contribution >= 0.6 is 11.3 Å². The number of rotatable bonds is 5. The summed E-state index contributed by atoms with van der Waals surface area (Å²) in [6, 6.07) is 9.90. The molecule has 2 N–H and O–H groups in total. The number of aliphatic hydroxyl groups excluding tert-OH is 1. The second-order valence-electron chi connectivity index (χ2n) is 5.86. The van der Waals surface area contributed by atoms with Gasteiger partial charge in [0.25, 0.3) is 0 Å². The zero-order valence-electron chi connectivity index (χ0n) is 13.7. The number of urea groups is 1. The van der Waals surface area contributed by atoms with E-state index in [1.165, 1.54) is 0 Å². The molecule has 2 amide bonds. The molecule has 0 spiro atoms. The molecule has 0 bridgehead atoms. The van der Waals surface area contributed by atoms with Crippen LogP contribution in [0, 0.1) is 0 Å². The largest absolute Gasteiger partial charge is 0.497 e. The second-order valence-corrected chi connectivity index (χ2v) is 6.86. The molecule has 1 aromatic heterocycles. The van der Waals surface area contributed by atoms with Crippen molar-refractivity contribution in [2.45, 2.75) is 25.4 Å². The van der Waals surface area contributed by atoms with Crippen LogP contribution in [0.25, 0.3) is 11.1 Å². The summed E-state index contributed by atoms with van der Waals surface area (Å²) in [5.41, 5.74) is 2.27. The van der Waals surface area contributed by atoms with Gasteiger partial charge in [0.15, 0.2) is 0 Å². The molecule has 2 aromatic rings. The van der Waals surface area contributed by atoms with E-state index in [1.807, 2.05) is 24.3 Å². The van der Waals surface area contributed by atoms with Crippen molar-refractivity contribution < 1.29 is 14.6 Å². The van der Waals surface area contributed by atoms with E-state index in [0.29, 0.717) is 6.54 Å². The topological polar surface area (TPSA) is 61.8 Å². The summed E-state index contributed by atoms with van der Waals surface area (Å²) in [6.45, 7) is 1.26. The van der Waals surface area contributed by atoms with Crippen molar-refractivity contribution in [1.29, 1.82) is 0 Å². The number of hydrogen-bond acceptors (Lipinski definition) is 4. The molecule has 5 nitrogen and oxygen atoms in total. The first-order valence-electron chi connectivity index (χ1n) is 8.08. The zero-order valence-corrected chi connectivity index (χ0v) is 14.5. The van der Waals surface area contributed by atoms with Gasteiger partial charge in [0.05, 0.1) is 26.3 Å². The third-order valence-electron chi connectivity index (χ3n) is 4.34. The molecule has 1 atom stereocenters. The lowest BCUT2D eigenvalue weighted by Gasteiger charge is -2.23.